The molecule has 1 rings (SSSR count). The van der Waals surface area contributed by atoms with Gasteiger partial charge in [0.05, 0.1) is 11.6 Å². The van der Waals surface area contributed by atoms with Gasteiger partial charge >= 0.3 is 0 Å². The minimum Gasteiger partial charge on any atom is -0.377 e. The third kappa shape index (κ3) is 5.41. The largest absolute Gasteiger partial charge is 0.377 e. The highest BCUT2D eigenvalue weighted by Crippen LogP contribution is 2.37. The van der Waals surface area contributed by atoms with E-state index in [1.807, 2.05) is 7.11 Å². The topological polar surface area (TPSA) is 47.3 Å². The molecule has 3 nitrogen and oxygen atoms in total. The van der Waals surface area contributed by atoms with Crippen molar-refractivity contribution in [3.8, 4) is 0 Å². The van der Waals surface area contributed by atoms with Crippen molar-refractivity contribution in [2.75, 3.05) is 7.11 Å². The maximum absolute atomic E-state index is 5.82. The molecule has 0 bridgehead atoms. The zero-order valence-electron chi connectivity index (χ0n) is 13.0. The second-order valence-corrected chi connectivity index (χ2v) is 6.11. The minimum atomic E-state index is 0.0109. The monoisotopic (exact) mass is 270 g/mol. The smallest absolute Gasteiger partial charge is 0.0844 e. The second-order valence-electron chi connectivity index (χ2n) is 6.11. The molecule has 1 atom stereocenters. The number of hydrogen-bond donors (Lipinski definition) is 2. The molecule has 0 aromatic rings. The Hall–Kier alpha value is -0.120. The molecular formula is C16H34N2O. The Morgan fingerprint density at radius 2 is 1.63 bits per heavy atom. The van der Waals surface area contributed by atoms with Crippen LogP contribution in [0.2, 0.25) is 0 Å². The Balaban J connectivity index is 2.18. The summed E-state index contributed by atoms with van der Waals surface area (Å²) in [7, 11) is 1.85. The van der Waals surface area contributed by atoms with E-state index in [0.29, 0.717) is 6.04 Å². The Morgan fingerprint density at radius 1 is 1.05 bits per heavy atom. The SMILES string of the molecule is CCCCCCCCCC(NN)C1(OC)CCCC1. The minimum absolute atomic E-state index is 0.0109. The van der Waals surface area contributed by atoms with Crippen molar-refractivity contribution in [3.63, 3.8) is 0 Å². The van der Waals surface area contributed by atoms with Crippen molar-refractivity contribution in [2.24, 2.45) is 5.84 Å². The number of ether oxygens (including phenoxy) is 1. The number of hydrazine groups is 1. The molecule has 114 valence electrons. The molecule has 0 saturated heterocycles. The van der Waals surface area contributed by atoms with E-state index in [1.165, 1.54) is 57.8 Å². The Bertz CT molecular complexity index is 215. The van der Waals surface area contributed by atoms with Crippen LogP contribution in [0.5, 0.6) is 0 Å². The molecule has 0 aliphatic heterocycles. The van der Waals surface area contributed by atoms with Crippen molar-refractivity contribution < 1.29 is 4.74 Å². The van der Waals surface area contributed by atoms with Crippen LogP contribution in [-0.2, 0) is 4.74 Å². The van der Waals surface area contributed by atoms with Gasteiger partial charge in [-0.1, -0.05) is 64.7 Å². The van der Waals surface area contributed by atoms with Crippen LogP contribution >= 0.6 is 0 Å². The lowest BCUT2D eigenvalue weighted by molar-refractivity contribution is -0.0384. The van der Waals surface area contributed by atoms with Crippen LogP contribution in [-0.4, -0.2) is 18.8 Å². The van der Waals surface area contributed by atoms with Gasteiger partial charge in [0.2, 0.25) is 0 Å². The van der Waals surface area contributed by atoms with E-state index >= 15 is 0 Å². The van der Waals surface area contributed by atoms with Gasteiger partial charge in [-0.3, -0.25) is 11.3 Å². The maximum Gasteiger partial charge on any atom is 0.0844 e. The standard InChI is InChI=1S/C16H34N2O/c1-3-4-5-6-7-8-9-12-15(18-17)16(19-2)13-10-11-14-16/h15,18H,3-14,17H2,1-2H3. The first-order valence-corrected chi connectivity index (χ1v) is 8.30. The van der Waals surface area contributed by atoms with Crippen LogP contribution in [0.3, 0.4) is 0 Å². The van der Waals surface area contributed by atoms with Gasteiger partial charge in [-0.2, -0.15) is 0 Å². The van der Waals surface area contributed by atoms with Crippen molar-refractivity contribution in [2.45, 2.75) is 95.6 Å². The van der Waals surface area contributed by atoms with Gasteiger partial charge < -0.3 is 4.74 Å². The first-order valence-electron chi connectivity index (χ1n) is 8.30. The predicted octanol–water partition coefficient (Wildman–Crippen LogP) is 3.92. The van der Waals surface area contributed by atoms with Crippen molar-refractivity contribution in [1.82, 2.24) is 5.43 Å². The van der Waals surface area contributed by atoms with Crippen LogP contribution in [0, 0.1) is 0 Å². The third-order valence-electron chi connectivity index (χ3n) is 4.79. The molecule has 0 aromatic heterocycles. The van der Waals surface area contributed by atoms with Crippen LogP contribution in [0.1, 0.15) is 84.0 Å². The average Bonchev–Trinajstić information content (AvgIpc) is 2.92. The molecule has 1 aliphatic carbocycles. The van der Waals surface area contributed by atoms with Crippen LogP contribution in [0.4, 0.5) is 0 Å². The Kier molecular flexibility index (Phi) is 8.67. The predicted molar refractivity (Wildman–Crippen MR) is 81.9 cm³/mol. The number of methoxy groups -OCH3 is 1. The zero-order chi connectivity index (χ0) is 14.0. The third-order valence-corrected chi connectivity index (χ3v) is 4.79. The summed E-state index contributed by atoms with van der Waals surface area (Å²) >= 11 is 0. The quantitative estimate of drug-likeness (QED) is 0.340. The lowest BCUT2D eigenvalue weighted by Crippen LogP contribution is -2.53. The van der Waals surface area contributed by atoms with E-state index in [1.54, 1.807) is 0 Å². The zero-order valence-corrected chi connectivity index (χ0v) is 13.0. The van der Waals surface area contributed by atoms with Crippen LogP contribution in [0.15, 0.2) is 0 Å². The number of rotatable bonds is 11. The fourth-order valence-electron chi connectivity index (χ4n) is 3.47. The van der Waals surface area contributed by atoms with Crippen molar-refractivity contribution in [3.05, 3.63) is 0 Å². The second kappa shape index (κ2) is 9.73. The first kappa shape index (κ1) is 16.9. The van der Waals surface area contributed by atoms with Gasteiger partial charge in [0, 0.05) is 7.11 Å². The van der Waals surface area contributed by atoms with Gasteiger partial charge in [0.25, 0.3) is 0 Å². The van der Waals surface area contributed by atoms with Gasteiger partial charge in [0.1, 0.15) is 0 Å². The molecule has 1 aliphatic rings. The summed E-state index contributed by atoms with van der Waals surface area (Å²) in [6, 6.07) is 0.329. The molecule has 0 aromatic carbocycles. The van der Waals surface area contributed by atoms with Crippen molar-refractivity contribution >= 4 is 0 Å². The highest BCUT2D eigenvalue weighted by atomic mass is 16.5. The van der Waals surface area contributed by atoms with E-state index in [9.17, 15) is 0 Å². The Labute approximate surface area is 119 Å². The molecule has 0 spiro atoms. The molecule has 0 amide bonds. The molecule has 19 heavy (non-hydrogen) atoms. The van der Waals surface area contributed by atoms with E-state index in [0.717, 1.165) is 19.3 Å². The summed E-state index contributed by atoms with van der Waals surface area (Å²) in [5.74, 6) is 5.76. The highest BCUT2D eigenvalue weighted by Gasteiger charge is 2.40. The van der Waals surface area contributed by atoms with E-state index in [2.05, 4.69) is 12.3 Å². The van der Waals surface area contributed by atoms with E-state index < -0.39 is 0 Å². The van der Waals surface area contributed by atoms with Gasteiger partial charge in [-0.05, 0) is 19.3 Å². The van der Waals surface area contributed by atoms with Gasteiger partial charge in [-0.25, -0.2) is 0 Å². The first-order chi connectivity index (χ1) is 9.29. The number of nitrogens with two attached hydrogens (primary N) is 1. The molecule has 0 heterocycles. The average molecular weight is 270 g/mol. The molecule has 3 heteroatoms. The van der Waals surface area contributed by atoms with Gasteiger partial charge in [-0.15, -0.1) is 0 Å². The number of nitrogens with one attached hydrogen (secondary N) is 1. The molecular weight excluding hydrogens is 236 g/mol. The van der Waals surface area contributed by atoms with Crippen LogP contribution < -0.4 is 11.3 Å². The normalized spacial score (nSPS) is 19.7. The lowest BCUT2D eigenvalue weighted by atomic mass is 9.88. The summed E-state index contributed by atoms with van der Waals surface area (Å²) in [5.41, 5.74) is 3.03. The summed E-state index contributed by atoms with van der Waals surface area (Å²) in [4.78, 5) is 0. The molecule has 1 unspecified atom stereocenters. The summed E-state index contributed by atoms with van der Waals surface area (Å²) in [6.07, 6.45) is 15.5. The Morgan fingerprint density at radius 3 is 2.16 bits per heavy atom. The summed E-state index contributed by atoms with van der Waals surface area (Å²) < 4.78 is 5.82. The summed E-state index contributed by atoms with van der Waals surface area (Å²) in [6.45, 7) is 2.27. The molecule has 0 radical (unpaired) electrons. The molecule has 3 N–H and O–H groups in total. The lowest BCUT2D eigenvalue weighted by Gasteiger charge is -2.36. The number of unbranched alkanes of at least 4 members (excludes halogenated alkanes) is 6. The maximum atomic E-state index is 5.82. The number of hydrogen-bond acceptors (Lipinski definition) is 3. The van der Waals surface area contributed by atoms with E-state index in [4.69, 9.17) is 10.6 Å². The van der Waals surface area contributed by atoms with Crippen molar-refractivity contribution in [1.29, 1.82) is 0 Å². The fourth-order valence-corrected chi connectivity index (χ4v) is 3.47. The highest BCUT2D eigenvalue weighted by molar-refractivity contribution is 4.95. The molecule has 1 saturated carbocycles. The summed E-state index contributed by atoms with van der Waals surface area (Å²) in [5, 5.41) is 0. The van der Waals surface area contributed by atoms with Crippen LogP contribution in [0.25, 0.3) is 0 Å². The van der Waals surface area contributed by atoms with Gasteiger partial charge in [0.15, 0.2) is 0 Å². The molecule has 1 fully saturated rings. The fraction of sp³-hybridized carbons (Fsp3) is 1.00. The van der Waals surface area contributed by atoms with E-state index in [-0.39, 0.29) is 5.60 Å².